The molecule has 0 unspecified atom stereocenters. The molecule has 0 radical (unpaired) electrons. The Hall–Kier alpha value is -1.68. The van der Waals surface area contributed by atoms with E-state index in [1.165, 1.54) is 6.07 Å². The number of rotatable bonds is 2. The van der Waals surface area contributed by atoms with Crippen molar-refractivity contribution in [1.82, 2.24) is 0 Å². The van der Waals surface area contributed by atoms with Crippen molar-refractivity contribution in [3.63, 3.8) is 0 Å². The summed E-state index contributed by atoms with van der Waals surface area (Å²) in [5.41, 5.74) is 3.61. The fourth-order valence-electron chi connectivity index (χ4n) is 1.96. The summed E-state index contributed by atoms with van der Waals surface area (Å²) in [7, 11) is 0. The van der Waals surface area contributed by atoms with Crippen LogP contribution in [0.1, 0.15) is 27.0 Å². The zero-order valence-corrected chi connectivity index (χ0v) is 13.1. The first-order valence-electron chi connectivity index (χ1n) is 6.22. The van der Waals surface area contributed by atoms with Gasteiger partial charge in [-0.25, -0.2) is 4.39 Å². The lowest BCUT2D eigenvalue weighted by molar-refractivity contribution is 0.102. The van der Waals surface area contributed by atoms with E-state index in [0.29, 0.717) is 16.8 Å². The molecule has 2 aromatic carbocycles. The van der Waals surface area contributed by atoms with Gasteiger partial charge in [-0.3, -0.25) is 4.79 Å². The predicted molar refractivity (Wildman–Crippen MR) is 82.7 cm³/mol. The van der Waals surface area contributed by atoms with E-state index in [9.17, 15) is 9.18 Å². The van der Waals surface area contributed by atoms with Gasteiger partial charge in [-0.1, -0.05) is 22.0 Å². The summed E-state index contributed by atoms with van der Waals surface area (Å²) in [4.78, 5) is 12.1. The van der Waals surface area contributed by atoms with Crippen LogP contribution < -0.4 is 5.32 Å². The topological polar surface area (TPSA) is 29.1 Å². The van der Waals surface area contributed by atoms with Gasteiger partial charge in [0.2, 0.25) is 0 Å². The Bertz CT molecular complexity index is 659. The van der Waals surface area contributed by atoms with Crippen LogP contribution in [0.3, 0.4) is 0 Å². The number of hydrogen-bond donors (Lipinski definition) is 1. The summed E-state index contributed by atoms with van der Waals surface area (Å²) < 4.78 is 14.5. The van der Waals surface area contributed by atoms with Gasteiger partial charge < -0.3 is 5.32 Å². The molecule has 1 amide bonds. The normalized spacial score (nSPS) is 10.4. The Kier molecular flexibility index (Phi) is 4.23. The molecule has 1 N–H and O–H groups in total. The van der Waals surface area contributed by atoms with Crippen molar-refractivity contribution in [1.29, 1.82) is 0 Å². The zero-order valence-electron chi connectivity index (χ0n) is 11.6. The number of hydrogen-bond acceptors (Lipinski definition) is 1. The minimum atomic E-state index is -0.374. The smallest absolute Gasteiger partial charge is 0.255 e. The summed E-state index contributed by atoms with van der Waals surface area (Å²) in [6.45, 7) is 5.58. The van der Waals surface area contributed by atoms with Gasteiger partial charge in [-0.15, -0.1) is 0 Å². The molecular formula is C16H15BrFNO. The van der Waals surface area contributed by atoms with Crippen LogP contribution in [0.5, 0.6) is 0 Å². The van der Waals surface area contributed by atoms with Crippen molar-refractivity contribution in [2.24, 2.45) is 0 Å². The highest BCUT2D eigenvalue weighted by molar-refractivity contribution is 9.10. The molecule has 0 fully saturated rings. The van der Waals surface area contributed by atoms with E-state index >= 15 is 0 Å². The number of benzene rings is 2. The minimum Gasteiger partial charge on any atom is -0.322 e. The molecule has 0 bridgehead atoms. The lowest BCUT2D eigenvalue weighted by atomic mass is 10.1. The largest absolute Gasteiger partial charge is 0.322 e. The van der Waals surface area contributed by atoms with Crippen LogP contribution in [0.25, 0.3) is 0 Å². The molecule has 2 rings (SSSR count). The van der Waals surface area contributed by atoms with Crippen LogP contribution >= 0.6 is 15.9 Å². The average Bonchev–Trinajstić information content (AvgIpc) is 2.39. The maximum atomic E-state index is 13.5. The average molecular weight is 336 g/mol. The summed E-state index contributed by atoms with van der Waals surface area (Å²) in [6.07, 6.45) is 0. The summed E-state index contributed by atoms with van der Waals surface area (Å²) >= 11 is 3.48. The number of amides is 1. The summed E-state index contributed by atoms with van der Waals surface area (Å²) in [5.74, 6) is -0.689. The number of nitrogens with one attached hydrogen (secondary N) is 1. The first-order chi connectivity index (χ1) is 9.38. The number of aryl methyl sites for hydroxylation is 3. The molecule has 2 aromatic rings. The molecule has 2 nitrogen and oxygen atoms in total. The third-order valence-corrected chi connectivity index (χ3v) is 4.38. The molecule has 20 heavy (non-hydrogen) atoms. The Morgan fingerprint density at radius 1 is 1.05 bits per heavy atom. The Morgan fingerprint density at radius 2 is 1.65 bits per heavy atom. The van der Waals surface area contributed by atoms with Gasteiger partial charge in [-0.05, 0) is 61.7 Å². The first kappa shape index (κ1) is 14.7. The quantitative estimate of drug-likeness (QED) is 0.841. The van der Waals surface area contributed by atoms with Crippen molar-refractivity contribution >= 4 is 27.5 Å². The molecule has 0 aliphatic rings. The molecule has 0 atom stereocenters. The number of carbonyl (C=O) groups is 1. The Labute approximate surface area is 126 Å². The SMILES string of the molecule is Cc1ccc(C(=O)Nc2cc(C)c(Br)c(C)c2)cc1F. The number of anilines is 1. The molecule has 0 saturated carbocycles. The van der Waals surface area contributed by atoms with E-state index in [0.717, 1.165) is 15.6 Å². The lowest BCUT2D eigenvalue weighted by Gasteiger charge is -2.10. The van der Waals surface area contributed by atoms with Crippen LogP contribution in [0.2, 0.25) is 0 Å². The van der Waals surface area contributed by atoms with Gasteiger partial charge in [-0.2, -0.15) is 0 Å². The molecule has 0 spiro atoms. The standard InChI is InChI=1S/C16H15BrFNO/c1-9-4-5-12(8-14(9)18)16(20)19-13-6-10(2)15(17)11(3)7-13/h4-8H,1-3H3,(H,19,20). The van der Waals surface area contributed by atoms with E-state index in [4.69, 9.17) is 0 Å². The Balaban J connectivity index is 2.25. The minimum absolute atomic E-state index is 0.311. The van der Waals surface area contributed by atoms with Crippen LogP contribution in [0.15, 0.2) is 34.8 Å². The molecule has 0 aliphatic heterocycles. The third-order valence-electron chi connectivity index (χ3n) is 3.13. The maximum Gasteiger partial charge on any atom is 0.255 e. The van der Waals surface area contributed by atoms with E-state index in [1.807, 2.05) is 26.0 Å². The van der Waals surface area contributed by atoms with Gasteiger partial charge in [0.15, 0.2) is 0 Å². The summed E-state index contributed by atoms with van der Waals surface area (Å²) in [5, 5.41) is 2.79. The highest BCUT2D eigenvalue weighted by Crippen LogP contribution is 2.25. The molecule has 4 heteroatoms. The summed E-state index contributed by atoms with van der Waals surface area (Å²) in [6, 6.07) is 8.22. The highest BCUT2D eigenvalue weighted by atomic mass is 79.9. The fraction of sp³-hybridized carbons (Fsp3) is 0.188. The van der Waals surface area contributed by atoms with Crippen molar-refractivity contribution in [3.05, 3.63) is 62.9 Å². The second-order valence-electron chi connectivity index (χ2n) is 4.84. The van der Waals surface area contributed by atoms with Gasteiger partial charge in [0.25, 0.3) is 5.91 Å². The zero-order chi connectivity index (χ0) is 14.9. The fourth-order valence-corrected chi connectivity index (χ4v) is 2.18. The molecule has 0 aliphatic carbocycles. The van der Waals surface area contributed by atoms with E-state index in [-0.39, 0.29) is 11.7 Å². The second kappa shape index (κ2) is 5.75. The molecular weight excluding hydrogens is 321 g/mol. The first-order valence-corrected chi connectivity index (χ1v) is 7.02. The van der Waals surface area contributed by atoms with Gasteiger partial charge in [0.05, 0.1) is 0 Å². The van der Waals surface area contributed by atoms with Crippen LogP contribution in [0, 0.1) is 26.6 Å². The van der Waals surface area contributed by atoms with Crippen LogP contribution in [-0.2, 0) is 0 Å². The number of carbonyl (C=O) groups excluding carboxylic acids is 1. The van der Waals surface area contributed by atoms with Gasteiger partial charge in [0.1, 0.15) is 5.82 Å². The van der Waals surface area contributed by atoms with Crippen LogP contribution in [0.4, 0.5) is 10.1 Å². The van der Waals surface area contributed by atoms with Crippen molar-refractivity contribution in [2.45, 2.75) is 20.8 Å². The van der Waals surface area contributed by atoms with Gasteiger partial charge in [0, 0.05) is 15.7 Å². The van der Waals surface area contributed by atoms with E-state index in [2.05, 4.69) is 21.2 Å². The van der Waals surface area contributed by atoms with Crippen molar-refractivity contribution in [3.8, 4) is 0 Å². The lowest BCUT2D eigenvalue weighted by Crippen LogP contribution is -2.12. The van der Waals surface area contributed by atoms with E-state index in [1.54, 1.807) is 19.1 Å². The molecule has 104 valence electrons. The number of halogens is 2. The van der Waals surface area contributed by atoms with Crippen molar-refractivity contribution in [2.75, 3.05) is 5.32 Å². The van der Waals surface area contributed by atoms with E-state index < -0.39 is 0 Å². The molecule has 0 aromatic heterocycles. The molecule has 0 saturated heterocycles. The second-order valence-corrected chi connectivity index (χ2v) is 5.64. The predicted octanol–water partition coefficient (Wildman–Crippen LogP) is 4.77. The maximum absolute atomic E-state index is 13.5. The van der Waals surface area contributed by atoms with Crippen molar-refractivity contribution < 1.29 is 9.18 Å². The molecule has 0 heterocycles. The van der Waals surface area contributed by atoms with Gasteiger partial charge >= 0.3 is 0 Å². The monoisotopic (exact) mass is 335 g/mol. The highest BCUT2D eigenvalue weighted by Gasteiger charge is 2.10. The Morgan fingerprint density at radius 3 is 2.20 bits per heavy atom. The van der Waals surface area contributed by atoms with Crippen LogP contribution in [-0.4, -0.2) is 5.91 Å². The third kappa shape index (κ3) is 3.07.